The Labute approximate surface area is 172 Å². The van der Waals surface area contributed by atoms with Crippen LogP contribution in [0.4, 0.5) is 5.69 Å². The number of rotatable bonds is 6. The van der Waals surface area contributed by atoms with Gasteiger partial charge < -0.3 is 10.1 Å². The van der Waals surface area contributed by atoms with E-state index in [-0.39, 0.29) is 5.91 Å². The van der Waals surface area contributed by atoms with Gasteiger partial charge in [-0.05, 0) is 49.4 Å². The first-order valence-electron chi connectivity index (χ1n) is 8.36. The van der Waals surface area contributed by atoms with Crippen LogP contribution < -0.4 is 10.1 Å². The highest BCUT2D eigenvalue weighted by atomic mass is 35.5. The number of hydrogen-bond donors (Lipinski definition) is 1. The zero-order valence-corrected chi connectivity index (χ0v) is 16.8. The number of imidazole rings is 1. The van der Waals surface area contributed by atoms with Gasteiger partial charge in [-0.1, -0.05) is 23.4 Å². The zero-order valence-electron chi connectivity index (χ0n) is 15.2. The van der Waals surface area contributed by atoms with Gasteiger partial charge in [0.1, 0.15) is 11.8 Å². The van der Waals surface area contributed by atoms with E-state index in [0.717, 1.165) is 11.4 Å². The van der Waals surface area contributed by atoms with Gasteiger partial charge >= 0.3 is 0 Å². The highest BCUT2D eigenvalue weighted by molar-refractivity contribution is 8.00. The van der Waals surface area contributed by atoms with Crippen molar-refractivity contribution in [2.45, 2.75) is 17.3 Å². The number of nitriles is 1. The van der Waals surface area contributed by atoms with Crippen LogP contribution in [0.3, 0.4) is 0 Å². The van der Waals surface area contributed by atoms with E-state index in [2.05, 4.69) is 10.3 Å². The Balaban J connectivity index is 1.70. The summed E-state index contributed by atoms with van der Waals surface area (Å²) in [6.07, 6.45) is 3.53. The number of anilines is 1. The van der Waals surface area contributed by atoms with E-state index in [4.69, 9.17) is 21.6 Å². The molecule has 0 bridgehead atoms. The number of hydrogen-bond acceptors (Lipinski definition) is 5. The van der Waals surface area contributed by atoms with Crippen LogP contribution in [0.15, 0.2) is 60.0 Å². The molecule has 1 N–H and O–H groups in total. The molecule has 0 radical (unpaired) electrons. The van der Waals surface area contributed by atoms with Gasteiger partial charge in [0.05, 0.1) is 22.9 Å². The molecule has 1 aromatic heterocycles. The van der Waals surface area contributed by atoms with E-state index in [1.165, 1.54) is 11.8 Å². The van der Waals surface area contributed by atoms with E-state index in [1.807, 2.05) is 41.1 Å². The number of halogens is 1. The number of amides is 1. The van der Waals surface area contributed by atoms with Crippen LogP contribution in [-0.4, -0.2) is 27.8 Å². The number of carbonyl (C=O) groups is 1. The number of benzene rings is 2. The van der Waals surface area contributed by atoms with Crippen LogP contribution in [0.5, 0.6) is 5.75 Å². The third-order valence-corrected chi connectivity index (χ3v) is 5.36. The Morgan fingerprint density at radius 3 is 2.71 bits per heavy atom. The fourth-order valence-electron chi connectivity index (χ4n) is 2.46. The second-order valence-corrected chi connectivity index (χ2v) is 7.55. The maximum atomic E-state index is 12.5. The minimum Gasteiger partial charge on any atom is -0.497 e. The van der Waals surface area contributed by atoms with Crippen molar-refractivity contribution in [1.29, 1.82) is 5.26 Å². The van der Waals surface area contributed by atoms with Crippen LogP contribution in [0.25, 0.3) is 5.69 Å². The van der Waals surface area contributed by atoms with Gasteiger partial charge in [-0.15, -0.1) is 0 Å². The standard InChI is InChI=1S/C20H17ClN4O2S/c1-13(19(26)24-15-4-3-14(12-22)18(21)11-15)28-20-23-9-10-25(20)16-5-7-17(27-2)8-6-16/h3-11,13H,1-2H3,(H,24,26). The van der Waals surface area contributed by atoms with Gasteiger partial charge in [0.2, 0.25) is 5.91 Å². The number of nitrogens with one attached hydrogen (secondary N) is 1. The first-order valence-corrected chi connectivity index (χ1v) is 9.62. The van der Waals surface area contributed by atoms with Gasteiger partial charge in [-0.25, -0.2) is 4.98 Å². The molecule has 1 unspecified atom stereocenters. The summed E-state index contributed by atoms with van der Waals surface area (Å²) in [4.78, 5) is 16.9. The average Bonchev–Trinajstić information content (AvgIpc) is 3.16. The van der Waals surface area contributed by atoms with Gasteiger partial charge in [0.15, 0.2) is 5.16 Å². The molecule has 2 aromatic carbocycles. The zero-order chi connectivity index (χ0) is 20.1. The van der Waals surface area contributed by atoms with E-state index in [0.29, 0.717) is 21.4 Å². The van der Waals surface area contributed by atoms with Crippen molar-refractivity contribution in [1.82, 2.24) is 9.55 Å². The van der Waals surface area contributed by atoms with Crippen LogP contribution in [-0.2, 0) is 4.79 Å². The number of ether oxygens (including phenoxy) is 1. The SMILES string of the molecule is COc1ccc(-n2ccnc2SC(C)C(=O)Nc2ccc(C#N)c(Cl)c2)cc1. The molecular weight excluding hydrogens is 396 g/mol. The number of methoxy groups -OCH3 is 1. The summed E-state index contributed by atoms with van der Waals surface area (Å²) in [5, 5.41) is 12.4. The topological polar surface area (TPSA) is 79.9 Å². The Morgan fingerprint density at radius 2 is 2.07 bits per heavy atom. The molecule has 6 nitrogen and oxygen atoms in total. The molecule has 3 aromatic rings. The number of carbonyl (C=O) groups excluding carboxylic acids is 1. The quantitative estimate of drug-likeness (QED) is 0.602. The van der Waals surface area contributed by atoms with Crippen molar-refractivity contribution in [3.05, 3.63) is 65.4 Å². The lowest BCUT2D eigenvalue weighted by molar-refractivity contribution is -0.115. The summed E-state index contributed by atoms with van der Waals surface area (Å²) < 4.78 is 7.09. The van der Waals surface area contributed by atoms with Crippen LogP contribution in [0.2, 0.25) is 5.02 Å². The third kappa shape index (κ3) is 4.47. The summed E-state index contributed by atoms with van der Waals surface area (Å²) in [6, 6.07) is 14.4. The first kappa shape index (κ1) is 19.8. The Morgan fingerprint density at radius 1 is 1.32 bits per heavy atom. The Kier molecular flexibility index (Phi) is 6.24. The summed E-state index contributed by atoms with van der Waals surface area (Å²) >= 11 is 7.36. The second-order valence-electron chi connectivity index (χ2n) is 5.83. The maximum absolute atomic E-state index is 12.5. The fraction of sp³-hybridized carbons (Fsp3) is 0.150. The lowest BCUT2D eigenvalue weighted by atomic mass is 10.2. The van der Waals surface area contributed by atoms with Gasteiger partial charge in [-0.3, -0.25) is 9.36 Å². The molecular formula is C20H17ClN4O2S. The molecule has 1 amide bonds. The lowest BCUT2D eigenvalue weighted by Crippen LogP contribution is -2.22. The predicted molar refractivity (Wildman–Crippen MR) is 110 cm³/mol. The lowest BCUT2D eigenvalue weighted by Gasteiger charge is -2.13. The molecule has 0 aliphatic rings. The van der Waals surface area contributed by atoms with Crippen LogP contribution in [0, 0.1) is 11.3 Å². The van der Waals surface area contributed by atoms with Crippen LogP contribution >= 0.6 is 23.4 Å². The van der Waals surface area contributed by atoms with Crippen molar-refractivity contribution in [2.24, 2.45) is 0 Å². The van der Waals surface area contributed by atoms with Crippen molar-refractivity contribution in [3.8, 4) is 17.5 Å². The molecule has 0 saturated carbocycles. The minimum absolute atomic E-state index is 0.185. The monoisotopic (exact) mass is 412 g/mol. The normalized spacial score (nSPS) is 11.5. The fourth-order valence-corrected chi connectivity index (χ4v) is 3.56. The molecule has 0 spiro atoms. The van der Waals surface area contributed by atoms with Crippen molar-refractivity contribution < 1.29 is 9.53 Å². The molecule has 1 heterocycles. The molecule has 142 valence electrons. The van der Waals surface area contributed by atoms with E-state index >= 15 is 0 Å². The Bertz CT molecular complexity index is 1030. The van der Waals surface area contributed by atoms with E-state index < -0.39 is 5.25 Å². The summed E-state index contributed by atoms with van der Waals surface area (Å²) in [5.74, 6) is 0.585. The highest BCUT2D eigenvalue weighted by Gasteiger charge is 2.18. The number of thioether (sulfide) groups is 1. The Hall–Kier alpha value is -2.95. The molecule has 3 rings (SSSR count). The minimum atomic E-state index is -0.395. The molecule has 0 aliphatic carbocycles. The van der Waals surface area contributed by atoms with Gasteiger partial charge in [-0.2, -0.15) is 5.26 Å². The summed E-state index contributed by atoms with van der Waals surface area (Å²) in [6.45, 7) is 1.80. The predicted octanol–water partition coefficient (Wildman–Crippen LogP) is 4.53. The molecule has 1 atom stereocenters. The number of aromatic nitrogens is 2. The molecule has 28 heavy (non-hydrogen) atoms. The number of nitrogens with zero attached hydrogens (tertiary/aromatic N) is 3. The summed E-state index contributed by atoms with van der Waals surface area (Å²) in [5.41, 5.74) is 1.83. The van der Waals surface area contributed by atoms with E-state index in [9.17, 15) is 4.79 Å². The largest absolute Gasteiger partial charge is 0.497 e. The van der Waals surface area contributed by atoms with Crippen molar-refractivity contribution in [3.63, 3.8) is 0 Å². The molecule has 0 saturated heterocycles. The smallest absolute Gasteiger partial charge is 0.237 e. The molecule has 0 fully saturated rings. The first-order chi connectivity index (χ1) is 13.5. The third-order valence-electron chi connectivity index (χ3n) is 3.97. The van der Waals surface area contributed by atoms with Gasteiger partial charge in [0, 0.05) is 23.8 Å². The average molecular weight is 413 g/mol. The van der Waals surface area contributed by atoms with Crippen LogP contribution in [0.1, 0.15) is 12.5 Å². The van der Waals surface area contributed by atoms with Crippen molar-refractivity contribution >= 4 is 35.0 Å². The molecule has 8 heteroatoms. The molecule has 0 aliphatic heterocycles. The van der Waals surface area contributed by atoms with Gasteiger partial charge in [0.25, 0.3) is 0 Å². The van der Waals surface area contributed by atoms with Crippen molar-refractivity contribution in [2.75, 3.05) is 12.4 Å². The summed E-state index contributed by atoms with van der Waals surface area (Å²) in [7, 11) is 1.62. The second kappa shape index (κ2) is 8.83. The highest BCUT2D eigenvalue weighted by Crippen LogP contribution is 2.27. The maximum Gasteiger partial charge on any atom is 0.237 e. The van der Waals surface area contributed by atoms with E-state index in [1.54, 1.807) is 38.4 Å².